The van der Waals surface area contributed by atoms with Crippen molar-refractivity contribution in [1.82, 2.24) is 9.78 Å². The van der Waals surface area contributed by atoms with E-state index in [2.05, 4.69) is 17.3 Å². The van der Waals surface area contributed by atoms with Crippen LogP contribution in [0, 0.1) is 5.92 Å². The zero-order valence-corrected chi connectivity index (χ0v) is 9.03. The predicted molar refractivity (Wildman–Crippen MR) is 58.3 cm³/mol. The van der Waals surface area contributed by atoms with Gasteiger partial charge >= 0.3 is 0 Å². The van der Waals surface area contributed by atoms with Crippen molar-refractivity contribution in [3.63, 3.8) is 0 Å². The van der Waals surface area contributed by atoms with Crippen LogP contribution in [0.4, 0.5) is 5.82 Å². The molecule has 0 radical (unpaired) electrons. The van der Waals surface area contributed by atoms with Crippen molar-refractivity contribution in [3.8, 4) is 0 Å². The molecule has 0 amide bonds. The molecule has 2 atom stereocenters. The van der Waals surface area contributed by atoms with Gasteiger partial charge in [0.25, 0.3) is 0 Å². The lowest BCUT2D eigenvalue weighted by atomic mass is 10.1. The zero-order chi connectivity index (χ0) is 9.97. The average Bonchev–Trinajstić information content (AvgIpc) is 2.77. The molecular weight excluding hydrogens is 174 g/mol. The van der Waals surface area contributed by atoms with Crippen LogP contribution in [0.3, 0.4) is 0 Å². The van der Waals surface area contributed by atoms with Gasteiger partial charge in [0, 0.05) is 19.2 Å². The van der Waals surface area contributed by atoms with E-state index in [0.717, 1.165) is 11.7 Å². The second-order valence-corrected chi connectivity index (χ2v) is 4.27. The van der Waals surface area contributed by atoms with Crippen LogP contribution in [-0.4, -0.2) is 15.8 Å². The third kappa shape index (κ3) is 1.91. The highest BCUT2D eigenvalue weighted by Crippen LogP contribution is 2.29. The van der Waals surface area contributed by atoms with Crippen molar-refractivity contribution in [2.24, 2.45) is 13.0 Å². The van der Waals surface area contributed by atoms with Gasteiger partial charge < -0.3 is 5.32 Å². The molecule has 1 aromatic heterocycles. The van der Waals surface area contributed by atoms with E-state index in [9.17, 15) is 0 Å². The van der Waals surface area contributed by atoms with Gasteiger partial charge in [0.1, 0.15) is 5.82 Å². The first kappa shape index (κ1) is 9.56. The first-order chi connectivity index (χ1) is 6.79. The topological polar surface area (TPSA) is 29.9 Å². The van der Waals surface area contributed by atoms with Crippen molar-refractivity contribution in [2.45, 2.75) is 38.6 Å². The fourth-order valence-electron chi connectivity index (χ4n) is 2.30. The van der Waals surface area contributed by atoms with Gasteiger partial charge in [0.15, 0.2) is 0 Å². The number of nitrogens with zero attached hydrogens (tertiary/aromatic N) is 2. The minimum Gasteiger partial charge on any atom is -0.368 e. The highest BCUT2D eigenvalue weighted by atomic mass is 15.3. The van der Waals surface area contributed by atoms with Crippen molar-refractivity contribution in [2.75, 3.05) is 5.32 Å². The Hall–Kier alpha value is -0.990. The monoisotopic (exact) mass is 193 g/mol. The fraction of sp³-hybridized carbons (Fsp3) is 0.727. The molecule has 78 valence electrons. The van der Waals surface area contributed by atoms with E-state index < -0.39 is 0 Å². The fourth-order valence-corrected chi connectivity index (χ4v) is 2.30. The zero-order valence-electron chi connectivity index (χ0n) is 9.03. The highest BCUT2D eigenvalue weighted by molar-refractivity contribution is 5.35. The Balaban J connectivity index is 1.90. The first-order valence-corrected chi connectivity index (χ1v) is 5.54. The number of nitrogens with one attached hydrogen (secondary N) is 1. The van der Waals surface area contributed by atoms with Crippen LogP contribution < -0.4 is 5.32 Å². The molecule has 3 nitrogen and oxygen atoms in total. The van der Waals surface area contributed by atoms with Crippen LogP contribution in [0.2, 0.25) is 0 Å². The summed E-state index contributed by atoms with van der Waals surface area (Å²) in [6, 6.07) is 2.70. The van der Waals surface area contributed by atoms with Gasteiger partial charge in [-0.05, 0) is 25.2 Å². The first-order valence-electron chi connectivity index (χ1n) is 5.54. The summed E-state index contributed by atoms with van der Waals surface area (Å²) in [7, 11) is 1.98. The lowest BCUT2D eigenvalue weighted by Crippen LogP contribution is -2.17. The maximum Gasteiger partial charge on any atom is 0.124 e. The Bertz CT molecular complexity index is 292. The van der Waals surface area contributed by atoms with Crippen LogP contribution in [0.25, 0.3) is 0 Å². The Kier molecular flexibility index (Phi) is 2.75. The van der Waals surface area contributed by atoms with Crippen molar-refractivity contribution in [3.05, 3.63) is 12.3 Å². The lowest BCUT2D eigenvalue weighted by Gasteiger charge is -2.13. The van der Waals surface area contributed by atoms with Gasteiger partial charge in [-0.3, -0.25) is 4.68 Å². The Morgan fingerprint density at radius 3 is 3.00 bits per heavy atom. The highest BCUT2D eigenvalue weighted by Gasteiger charge is 2.23. The summed E-state index contributed by atoms with van der Waals surface area (Å²) in [5.41, 5.74) is 0. The van der Waals surface area contributed by atoms with Crippen LogP contribution >= 0.6 is 0 Å². The van der Waals surface area contributed by atoms with Crippen LogP contribution in [0.5, 0.6) is 0 Å². The van der Waals surface area contributed by atoms with Gasteiger partial charge in [-0.1, -0.05) is 13.3 Å². The Labute approximate surface area is 85.5 Å². The van der Waals surface area contributed by atoms with E-state index in [1.807, 2.05) is 24.0 Å². The summed E-state index contributed by atoms with van der Waals surface area (Å²) in [4.78, 5) is 0. The van der Waals surface area contributed by atoms with Gasteiger partial charge in [-0.25, -0.2) is 0 Å². The molecule has 1 aromatic rings. The van der Waals surface area contributed by atoms with Crippen LogP contribution in [0.15, 0.2) is 12.3 Å². The van der Waals surface area contributed by atoms with E-state index in [0.29, 0.717) is 6.04 Å². The summed E-state index contributed by atoms with van der Waals surface area (Å²) in [5.74, 6) is 2.08. The molecule has 1 fully saturated rings. The molecule has 2 unspecified atom stereocenters. The number of hydrogen-bond acceptors (Lipinski definition) is 2. The normalized spacial score (nSPS) is 26.7. The summed E-state index contributed by atoms with van der Waals surface area (Å²) < 4.78 is 1.90. The molecule has 1 aliphatic carbocycles. The molecule has 0 bridgehead atoms. The standard InChI is InChI=1S/C11H19N3/c1-3-9-4-5-10(8-9)13-11-6-7-12-14(11)2/h6-7,9-10,13H,3-5,8H2,1-2H3. The lowest BCUT2D eigenvalue weighted by molar-refractivity contribution is 0.524. The summed E-state index contributed by atoms with van der Waals surface area (Å²) in [5, 5.41) is 7.71. The quantitative estimate of drug-likeness (QED) is 0.799. The van der Waals surface area contributed by atoms with E-state index in [1.165, 1.54) is 25.7 Å². The number of aromatic nitrogens is 2. The molecule has 1 saturated carbocycles. The van der Waals surface area contributed by atoms with E-state index in [-0.39, 0.29) is 0 Å². The molecule has 0 aliphatic heterocycles. The molecule has 0 spiro atoms. The van der Waals surface area contributed by atoms with Crippen molar-refractivity contribution < 1.29 is 0 Å². The molecule has 1 aliphatic rings. The molecule has 14 heavy (non-hydrogen) atoms. The minimum absolute atomic E-state index is 0.662. The minimum atomic E-state index is 0.662. The molecule has 1 heterocycles. The molecule has 0 aromatic carbocycles. The molecule has 1 N–H and O–H groups in total. The number of aryl methyl sites for hydroxylation is 1. The second kappa shape index (κ2) is 4.03. The predicted octanol–water partition coefficient (Wildman–Crippen LogP) is 2.41. The SMILES string of the molecule is CCC1CCC(Nc2ccnn2C)C1. The van der Waals surface area contributed by atoms with Gasteiger partial charge in [0.2, 0.25) is 0 Å². The van der Waals surface area contributed by atoms with E-state index in [4.69, 9.17) is 0 Å². The number of rotatable bonds is 3. The third-order valence-electron chi connectivity index (χ3n) is 3.29. The molecule has 2 rings (SSSR count). The van der Waals surface area contributed by atoms with Crippen LogP contribution in [-0.2, 0) is 7.05 Å². The molecular formula is C11H19N3. The Morgan fingerprint density at radius 1 is 1.57 bits per heavy atom. The van der Waals surface area contributed by atoms with Crippen LogP contribution in [0.1, 0.15) is 32.6 Å². The summed E-state index contributed by atoms with van der Waals surface area (Å²) in [6.07, 6.45) is 7.18. The van der Waals surface area contributed by atoms with E-state index >= 15 is 0 Å². The summed E-state index contributed by atoms with van der Waals surface area (Å²) in [6.45, 7) is 2.29. The van der Waals surface area contributed by atoms with Gasteiger partial charge in [-0.2, -0.15) is 5.10 Å². The molecule has 3 heteroatoms. The number of anilines is 1. The van der Waals surface area contributed by atoms with Gasteiger partial charge in [-0.15, -0.1) is 0 Å². The van der Waals surface area contributed by atoms with E-state index in [1.54, 1.807) is 0 Å². The second-order valence-electron chi connectivity index (χ2n) is 4.27. The summed E-state index contributed by atoms with van der Waals surface area (Å²) >= 11 is 0. The largest absolute Gasteiger partial charge is 0.368 e. The maximum atomic E-state index is 4.15. The van der Waals surface area contributed by atoms with Gasteiger partial charge in [0.05, 0.1) is 6.20 Å². The van der Waals surface area contributed by atoms with Crippen molar-refractivity contribution >= 4 is 5.82 Å². The third-order valence-corrected chi connectivity index (χ3v) is 3.29. The maximum absolute atomic E-state index is 4.15. The Morgan fingerprint density at radius 2 is 2.43 bits per heavy atom. The molecule has 0 saturated heterocycles. The smallest absolute Gasteiger partial charge is 0.124 e. The average molecular weight is 193 g/mol. The van der Waals surface area contributed by atoms with Crippen molar-refractivity contribution in [1.29, 1.82) is 0 Å². The number of hydrogen-bond donors (Lipinski definition) is 1.